The first-order chi connectivity index (χ1) is 36.9. The van der Waals surface area contributed by atoms with Crippen molar-refractivity contribution in [2.75, 3.05) is 137 Å². The number of alkyl halides is 1. The van der Waals surface area contributed by atoms with Gasteiger partial charge in [0, 0.05) is 99.8 Å². The van der Waals surface area contributed by atoms with E-state index in [1.165, 1.54) is 0 Å². The summed E-state index contributed by atoms with van der Waals surface area (Å²) in [5.41, 5.74) is 5.04. The van der Waals surface area contributed by atoms with Gasteiger partial charge in [0.2, 0.25) is 0 Å². The summed E-state index contributed by atoms with van der Waals surface area (Å²) in [6, 6.07) is 25.8. The Morgan fingerprint density at radius 3 is 1.39 bits per heavy atom. The predicted octanol–water partition coefficient (Wildman–Crippen LogP) is 7.09. The van der Waals surface area contributed by atoms with Gasteiger partial charge in [-0.15, -0.1) is 11.6 Å². The van der Waals surface area contributed by atoms with Crippen molar-refractivity contribution in [3.05, 3.63) is 139 Å². The van der Waals surface area contributed by atoms with E-state index in [1.54, 1.807) is 91.0 Å². The number of carbonyl (C=O) groups excluding carboxylic acids is 4. The van der Waals surface area contributed by atoms with Crippen LogP contribution in [0.5, 0.6) is 11.5 Å². The zero-order chi connectivity index (χ0) is 55.9. The van der Waals surface area contributed by atoms with E-state index < -0.39 is 17.5 Å². The van der Waals surface area contributed by atoms with E-state index in [-0.39, 0.29) is 110 Å². The van der Waals surface area contributed by atoms with E-state index in [1.807, 2.05) is 98.0 Å². The fourth-order valence-corrected chi connectivity index (χ4v) is 9.51. The number of piperazine rings is 2. The van der Waals surface area contributed by atoms with Crippen LogP contribution in [-0.4, -0.2) is 180 Å². The van der Waals surface area contributed by atoms with Crippen LogP contribution in [0.25, 0.3) is 21.8 Å². The average Bonchev–Trinajstić information content (AvgIpc) is 3.45. The third kappa shape index (κ3) is 19.3. The molecule has 0 atom stereocenters. The molecule has 0 aliphatic carbocycles. The minimum Gasteiger partial charge on any atom is -1.00 e. The van der Waals surface area contributed by atoms with Crippen molar-refractivity contribution in [1.82, 2.24) is 29.2 Å². The van der Waals surface area contributed by atoms with Gasteiger partial charge in [0.1, 0.15) is 22.6 Å². The van der Waals surface area contributed by atoms with Gasteiger partial charge in [-0.1, -0.05) is 60.4 Å². The number of hydrogen-bond donors (Lipinski definition) is 1. The van der Waals surface area contributed by atoms with Crippen molar-refractivity contribution < 1.29 is 69.1 Å². The van der Waals surface area contributed by atoms with Crippen LogP contribution in [0, 0.1) is 13.8 Å². The zero-order valence-corrected chi connectivity index (χ0v) is 49.8. The van der Waals surface area contributed by atoms with E-state index >= 15 is 0 Å². The fourth-order valence-electron chi connectivity index (χ4n) is 9.17. The van der Waals surface area contributed by atoms with Crippen molar-refractivity contribution in [3.63, 3.8) is 0 Å². The van der Waals surface area contributed by atoms with Crippen LogP contribution in [0.1, 0.15) is 105 Å². The van der Waals surface area contributed by atoms with Crippen LogP contribution >= 0.6 is 11.6 Å². The molecule has 0 radical (unpaired) electrons. The number of aromatic amines is 1. The molecule has 8 rings (SSSR count). The summed E-state index contributed by atoms with van der Waals surface area (Å²) in [7, 11) is 11.1. The number of rotatable bonds is 15. The second-order valence-corrected chi connectivity index (χ2v) is 19.6. The van der Waals surface area contributed by atoms with Gasteiger partial charge in [0.25, 0.3) is 22.9 Å². The number of pyridine rings is 2. The Hall–Kier alpha value is -6.41. The summed E-state index contributed by atoms with van der Waals surface area (Å²) < 4.78 is 22.6. The number of aryl methyl sites for hydroxylation is 2. The molecule has 0 bridgehead atoms. The second kappa shape index (κ2) is 36.3. The number of benzene rings is 4. The van der Waals surface area contributed by atoms with Gasteiger partial charge in [0.15, 0.2) is 0 Å². The Morgan fingerprint density at radius 1 is 0.578 bits per heavy atom. The SMILES string of the molecule is C.C.C.C.C.CCOC(=O)c1c(N2CCN(C(=O)c3ccc(OC)cc3)CC2)c2cc(C)ccc2[nH]c1=O.CCOC(=O)c1c(N2CCN(C(=O)c3ccc(OC)cc3)CC2)c2cc(C)ccc2n(CCN(C)C)c1=O.CN(C)CCCl.[H-].[Na+]. The van der Waals surface area contributed by atoms with Crippen molar-refractivity contribution >= 4 is 68.5 Å². The molecule has 0 spiro atoms. The van der Waals surface area contributed by atoms with Crippen LogP contribution in [0.3, 0.4) is 0 Å². The molecule has 454 valence electrons. The topological polar surface area (TPSA) is 180 Å². The summed E-state index contributed by atoms with van der Waals surface area (Å²) in [6.45, 7) is 13.6. The summed E-state index contributed by atoms with van der Waals surface area (Å²) >= 11 is 5.35. The number of likely N-dealkylation sites (N-methyl/N-ethyl adjacent to an activating group) is 1. The largest absolute Gasteiger partial charge is 1.00 e. The molecule has 2 amide bonds. The third-order valence-corrected chi connectivity index (χ3v) is 13.4. The summed E-state index contributed by atoms with van der Waals surface area (Å²) in [4.78, 5) is 93.2. The maximum atomic E-state index is 13.8. The standard InChI is InChI=1S/C29H36N4O5.C25H27N3O5.C4H10ClN.5CH4.Na.H/c1-6-38-29(36)25-26(23-19-20(2)7-12-24(23)33(28(25)35)18-13-30(3)4)31-14-16-32(17-15-31)27(34)21-8-10-22(37-5)11-9-21;1-4-33-25(31)21-22(19-15-16(2)5-10-20(19)26-23(21)29)27-11-13-28(14-12-27)24(30)17-6-8-18(32-3)9-7-17;1-6(2)4-3-5;;;;;;;/h7-12,19H,6,13-18H2,1-5H3;5-10,15H,4,11-14H2,1-3H3,(H,26,29);3-4H2,1-2H3;5*1H4;;/q;;;;;;;;+1;-1. The number of ether oxygens (including phenoxy) is 4. The number of nitrogens with one attached hydrogen (secondary N) is 1. The molecule has 1 N–H and O–H groups in total. The molecule has 6 aromatic rings. The third-order valence-electron chi connectivity index (χ3n) is 13.2. The number of halogens is 1. The number of anilines is 2. The van der Waals surface area contributed by atoms with Crippen molar-refractivity contribution in [1.29, 1.82) is 0 Å². The first-order valence-corrected chi connectivity index (χ1v) is 26.4. The normalized spacial score (nSPS) is 12.5. The number of carbonyl (C=O) groups is 4. The summed E-state index contributed by atoms with van der Waals surface area (Å²) in [6.07, 6.45) is 0. The number of aromatic nitrogens is 2. The minimum atomic E-state index is -0.645. The molecule has 2 saturated heterocycles. The van der Waals surface area contributed by atoms with Crippen molar-refractivity contribution in [2.24, 2.45) is 0 Å². The van der Waals surface area contributed by atoms with Crippen molar-refractivity contribution in [2.45, 2.75) is 71.4 Å². The van der Waals surface area contributed by atoms with Gasteiger partial charge >= 0.3 is 41.5 Å². The Kier molecular flexibility index (Phi) is 33.5. The Morgan fingerprint density at radius 2 is 0.988 bits per heavy atom. The second-order valence-electron chi connectivity index (χ2n) is 19.2. The Bertz CT molecular complexity index is 3140. The van der Waals surface area contributed by atoms with E-state index in [0.29, 0.717) is 105 Å². The van der Waals surface area contributed by atoms with Gasteiger partial charge in [-0.05, 0) is 129 Å². The molecule has 2 aliphatic rings. The molecule has 0 unspecified atom stereocenters. The first kappa shape index (κ1) is 76.6. The number of H-pyrrole nitrogens is 1. The maximum absolute atomic E-state index is 13.8. The molecule has 2 aliphatic heterocycles. The van der Waals surface area contributed by atoms with E-state index in [0.717, 1.165) is 39.8 Å². The van der Waals surface area contributed by atoms with Gasteiger partial charge in [-0.2, -0.15) is 0 Å². The summed E-state index contributed by atoms with van der Waals surface area (Å²) in [5, 5.41) is 1.62. The molecule has 4 aromatic carbocycles. The van der Waals surface area contributed by atoms with Crippen LogP contribution in [-0.2, 0) is 16.0 Å². The van der Waals surface area contributed by atoms with Crippen LogP contribution in [0.15, 0.2) is 94.5 Å². The number of hydrogen-bond acceptors (Lipinski definition) is 14. The Labute approximate surface area is 522 Å². The molecule has 2 aromatic heterocycles. The molecular formula is C63H94ClN8NaO10. The van der Waals surface area contributed by atoms with Gasteiger partial charge < -0.3 is 59.3 Å². The number of esters is 2. The molecular weight excluding hydrogens is 1090 g/mol. The van der Waals surface area contributed by atoms with Crippen LogP contribution in [0.2, 0.25) is 0 Å². The number of nitrogens with zero attached hydrogens (tertiary/aromatic N) is 7. The predicted molar refractivity (Wildman–Crippen MR) is 339 cm³/mol. The number of methoxy groups -OCH3 is 2. The molecule has 2 fully saturated rings. The fraction of sp³-hybridized carbons (Fsp3) is 0.460. The van der Waals surface area contributed by atoms with Crippen LogP contribution in [0.4, 0.5) is 11.4 Å². The zero-order valence-electron chi connectivity index (χ0n) is 48.1. The molecule has 4 heterocycles. The van der Waals surface area contributed by atoms with Crippen molar-refractivity contribution in [3.8, 4) is 11.5 Å². The molecule has 83 heavy (non-hydrogen) atoms. The quantitative estimate of drug-likeness (QED) is 0.0626. The monoisotopic (exact) mass is 1180 g/mol. The Balaban J connectivity index is 0. The maximum Gasteiger partial charge on any atom is 1.00 e. The van der Waals surface area contributed by atoms with E-state index in [2.05, 4.69) is 4.98 Å². The molecule has 20 heteroatoms. The molecule has 18 nitrogen and oxygen atoms in total. The van der Waals surface area contributed by atoms with E-state index in [4.69, 9.17) is 30.5 Å². The number of amides is 2. The first-order valence-electron chi connectivity index (χ1n) is 25.8. The summed E-state index contributed by atoms with van der Waals surface area (Å²) in [5.74, 6) is 0.736. The number of fused-ring (bicyclic) bond motifs is 2. The average molecular weight is 1180 g/mol. The molecule has 0 saturated carbocycles. The van der Waals surface area contributed by atoms with E-state index in [9.17, 15) is 28.8 Å². The van der Waals surface area contributed by atoms with Gasteiger partial charge in [-0.3, -0.25) is 19.2 Å². The van der Waals surface area contributed by atoms with Gasteiger partial charge in [0.05, 0.1) is 49.8 Å². The van der Waals surface area contributed by atoms with Crippen LogP contribution < -0.4 is 59.9 Å². The minimum absolute atomic E-state index is 0. The van der Waals surface area contributed by atoms with Gasteiger partial charge in [-0.25, -0.2) is 9.59 Å². The smallest absolute Gasteiger partial charge is 1.00 e.